The summed E-state index contributed by atoms with van der Waals surface area (Å²) >= 11 is 0. The highest BCUT2D eigenvalue weighted by atomic mass is 32.2. The molecule has 2 aromatic rings. The quantitative estimate of drug-likeness (QED) is 0.494. The maximum Gasteiger partial charge on any atom is 0.254 e. The zero-order valence-electron chi connectivity index (χ0n) is 18.3. The summed E-state index contributed by atoms with van der Waals surface area (Å²) in [7, 11) is -1.84. The van der Waals surface area contributed by atoms with Crippen LogP contribution in [0.3, 0.4) is 0 Å². The zero-order chi connectivity index (χ0) is 23.6. The molecule has 1 amide bonds. The summed E-state index contributed by atoms with van der Waals surface area (Å²) in [6, 6.07) is 5.89. The van der Waals surface area contributed by atoms with Crippen LogP contribution in [0.25, 0.3) is 0 Å². The Hall–Kier alpha value is -3.38. The van der Waals surface area contributed by atoms with E-state index in [-0.39, 0.29) is 5.56 Å². The number of benzene rings is 1. The fourth-order valence-corrected chi connectivity index (χ4v) is 4.47. The van der Waals surface area contributed by atoms with Crippen LogP contribution in [0, 0.1) is 0 Å². The zero-order valence-corrected chi connectivity index (χ0v) is 19.1. The van der Waals surface area contributed by atoms with Gasteiger partial charge in [-0.3, -0.25) is 4.79 Å². The maximum atomic E-state index is 12.0. The number of piperazine rings is 1. The molecule has 1 aromatic heterocycles. The summed E-state index contributed by atoms with van der Waals surface area (Å²) in [5.41, 5.74) is 7.25. The number of rotatable bonds is 9. The molecular weight excluding hydrogens is 446 g/mol. The van der Waals surface area contributed by atoms with Crippen LogP contribution in [-0.4, -0.2) is 67.9 Å². The average Bonchev–Trinajstić information content (AvgIpc) is 3.63. The molecule has 33 heavy (non-hydrogen) atoms. The first-order chi connectivity index (χ1) is 15.8. The molecule has 2 heterocycles. The van der Waals surface area contributed by atoms with E-state index in [4.69, 9.17) is 10.5 Å². The van der Waals surface area contributed by atoms with Gasteiger partial charge in [-0.1, -0.05) is 6.58 Å². The van der Waals surface area contributed by atoms with E-state index in [1.165, 1.54) is 10.5 Å². The van der Waals surface area contributed by atoms with E-state index in [1.54, 1.807) is 7.11 Å². The molecular formula is C21H27N7O4S. The lowest BCUT2D eigenvalue weighted by molar-refractivity contribution is 0.100. The molecule has 0 atom stereocenters. The number of anilines is 4. The van der Waals surface area contributed by atoms with Gasteiger partial charge >= 0.3 is 0 Å². The Bertz CT molecular complexity index is 1160. The van der Waals surface area contributed by atoms with Crippen molar-refractivity contribution in [2.75, 3.05) is 48.8 Å². The number of sulfonamides is 1. The number of nitrogens with two attached hydrogens (primary N) is 1. The van der Waals surface area contributed by atoms with Gasteiger partial charge in [0.15, 0.2) is 0 Å². The van der Waals surface area contributed by atoms with Crippen LogP contribution < -0.4 is 26.0 Å². The number of primary amides is 1. The van der Waals surface area contributed by atoms with Crippen LogP contribution in [0.1, 0.15) is 23.2 Å². The molecule has 4 rings (SSSR count). The molecule has 0 unspecified atom stereocenters. The highest BCUT2D eigenvalue weighted by Crippen LogP contribution is 2.33. The van der Waals surface area contributed by atoms with Crippen LogP contribution in [0.5, 0.6) is 5.75 Å². The lowest BCUT2D eigenvalue weighted by Gasteiger charge is -2.35. The summed E-state index contributed by atoms with van der Waals surface area (Å²) in [5, 5.41) is 7.32. The van der Waals surface area contributed by atoms with Gasteiger partial charge in [-0.05, 0) is 25.0 Å². The third-order valence-electron chi connectivity index (χ3n) is 5.56. The van der Waals surface area contributed by atoms with Gasteiger partial charge in [0.1, 0.15) is 11.6 Å². The molecule has 12 heteroatoms. The molecule has 4 N–H and O–H groups in total. The molecule has 2 aliphatic rings. The minimum Gasteiger partial charge on any atom is -0.495 e. The van der Waals surface area contributed by atoms with E-state index in [9.17, 15) is 13.2 Å². The van der Waals surface area contributed by atoms with Crippen molar-refractivity contribution in [2.24, 2.45) is 5.73 Å². The van der Waals surface area contributed by atoms with Gasteiger partial charge in [0.05, 0.1) is 18.4 Å². The van der Waals surface area contributed by atoms with E-state index < -0.39 is 15.9 Å². The number of nitrogens with one attached hydrogen (secondary N) is 2. The number of carbonyl (C=O) groups excluding carboxylic acids is 1. The number of hydrogen-bond acceptors (Lipinski definition) is 9. The van der Waals surface area contributed by atoms with Crippen LogP contribution >= 0.6 is 0 Å². The summed E-state index contributed by atoms with van der Waals surface area (Å²) in [6.07, 6.45) is 3.46. The predicted molar refractivity (Wildman–Crippen MR) is 126 cm³/mol. The van der Waals surface area contributed by atoms with Gasteiger partial charge in [-0.25, -0.2) is 13.4 Å². The number of aromatic nitrogens is 2. The Labute approximate surface area is 192 Å². The van der Waals surface area contributed by atoms with Crippen molar-refractivity contribution < 1.29 is 17.9 Å². The standard InChI is InChI=1S/C21H27N7O4S/c1-3-33(30,31)28-10-8-27(9-11-28)17-7-6-15(12-18(17)32-2)25-21-23-13-16(19(22)29)20(26-21)24-14-4-5-14/h3,6-7,12-14H,1,4-5,8-11H2,2H3,(H2,22,29)(H2,23,24,25,26). The molecule has 1 aliphatic carbocycles. The van der Waals surface area contributed by atoms with Crippen molar-refractivity contribution in [2.45, 2.75) is 18.9 Å². The van der Waals surface area contributed by atoms with Crippen molar-refractivity contribution in [1.29, 1.82) is 0 Å². The molecule has 0 radical (unpaired) electrons. The number of ether oxygens (including phenoxy) is 1. The Morgan fingerprint density at radius 2 is 2.00 bits per heavy atom. The Morgan fingerprint density at radius 3 is 2.61 bits per heavy atom. The Balaban J connectivity index is 1.49. The van der Waals surface area contributed by atoms with Gasteiger partial charge in [0.2, 0.25) is 16.0 Å². The van der Waals surface area contributed by atoms with Crippen molar-refractivity contribution in [1.82, 2.24) is 14.3 Å². The molecule has 0 spiro atoms. The van der Waals surface area contributed by atoms with Crippen molar-refractivity contribution in [3.05, 3.63) is 41.9 Å². The third-order valence-corrected chi connectivity index (χ3v) is 7.06. The molecule has 11 nitrogen and oxygen atoms in total. The normalized spacial score (nSPS) is 16.8. The second kappa shape index (κ2) is 9.24. The van der Waals surface area contributed by atoms with E-state index in [0.29, 0.717) is 55.4 Å². The Kier molecular flexibility index (Phi) is 6.38. The van der Waals surface area contributed by atoms with E-state index in [2.05, 4.69) is 32.1 Å². The Morgan fingerprint density at radius 1 is 1.27 bits per heavy atom. The minimum absolute atomic E-state index is 0.248. The highest BCUT2D eigenvalue weighted by molar-refractivity contribution is 7.92. The molecule has 176 valence electrons. The monoisotopic (exact) mass is 473 g/mol. The fourth-order valence-electron chi connectivity index (χ4n) is 3.59. The highest BCUT2D eigenvalue weighted by Gasteiger charge is 2.26. The summed E-state index contributed by atoms with van der Waals surface area (Å²) in [5.74, 6) is 0.779. The lowest BCUT2D eigenvalue weighted by Crippen LogP contribution is -2.48. The van der Waals surface area contributed by atoms with Crippen LogP contribution in [0.15, 0.2) is 36.4 Å². The van der Waals surface area contributed by atoms with Gasteiger partial charge in [0, 0.05) is 55.6 Å². The number of nitrogens with zero attached hydrogens (tertiary/aromatic N) is 4. The topological polar surface area (TPSA) is 143 Å². The van der Waals surface area contributed by atoms with Crippen LogP contribution in [0.4, 0.5) is 23.1 Å². The summed E-state index contributed by atoms with van der Waals surface area (Å²) in [6.45, 7) is 5.19. The van der Waals surface area contributed by atoms with E-state index in [1.807, 2.05) is 18.2 Å². The lowest BCUT2D eigenvalue weighted by atomic mass is 10.2. The smallest absolute Gasteiger partial charge is 0.254 e. The van der Waals surface area contributed by atoms with Crippen LogP contribution in [-0.2, 0) is 10.0 Å². The molecule has 1 aliphatic heterocycles. The largest absolute Gasteiger partial charge is 0.495 e. The second-order valence-electron chi connectivity index (χ2n) is 7.85. The summed E-state index contributed by atoms with van der Waals surface area (Å²) in [4.78, 5) is 22.4. The van der Waals surface area contributed by atoms with Gasteiger partial charge in [-0.2, -0.15) is 9.29 Å². The number of carbonyl (C=O) groups is 1. The third kappa shape index (κ3) is 5.17. The van der Waals surface area contributed by atoms with Gasteiger partial charge < -0.3 is 26.0 Å². The first-order valence-corrected chi connectivity index (χ1v) is 12.1. The summed E-state index contributed by atoms with van der Waals surface area (Å²) < 4.78 is 31.0. The predicted octanol–water partition coefficient (Wildman–Crippen LogP) is 1.50. The average molecular weight is 474 g/mol. The molecule has 0 bridgehead atoms. The van der Waals surface area contributed by atoms with Crippen molar-refractivity contribution >= 4 is 39.1 Å². The van der Waals surface area contributed by atoms with Gasteiger partial charge in [0.25, 0.3) is 5.91 Å². The number of amides is 1. The molecule has 1 saturated carbocycles. The van der Waals surface area contributed by atoms with Gasteiger partial charge in [-0.15, -0.1) is 0 Å². The number of methoxy groups -OCH3 is 1. The first-order valence-electron chi connectivity index (χ1n) is 10.6. The van der Waals surface area contributed by atoms with E-state index in [0.717, 1.165) is 23.9 Å². The molecule has 2 fully saturated rings. The maximum absolute atomic E-state index is 12.0. The SMILES string of the molecule is C=CS(=O)(=O)N1CCN(c2ccc(Nc3ncc(C(N)=O)c(NC4CC4)n3)cc2OC)CC1. The van der Waals surface area contributed by atoms with Crippen molar-refractivity contribution in [3.8, 4) is 5.75 Å². The fraction of sp³-hybridized carbons (Fsp3) is 0.381. The minimum atomic E-state index is -3.42. The second-order valence-corrected chi connectivity index (χ2v) is 9.73. The van der Waals surface area contributed by atoms with Crippen LogP contribution in [0.2, 0.25) is 0 Å². The van der Waals surface area contributed by atoms with Crippen molar-refractivity contribution in [3.63, 3.8) is 0 Å². The van der Waals surface area contributed by atoms with E-state index >= 15 is 0 Å². The first kappa shape index (κ1) is 22.8. The molecule has 1 aromatic carbocycles. The molecule has 1 saturated heterocycles. The number of hydrogen-bond donors (Lipinski definition) is 3.